The number of amides is 1. The predicted molar refractivity (Wildman–Crippen MR) is 63.6 cm³/mol. The van der Waals surface area contributed by atoms with Crippen LogP contribution in [0.3, 0.4) is 0 Å². The van der Waals surface area contributed by atoms with E-state index in [-0.39, 0.29) is 16.8 Å². The van der Waals surface area contributed by atoms with Crippen LogP contribution in [-0.4, -0.2) is 28.8 Å². The van der Waals surface area contributed by atoms with Gasteiger partial charge in [0, 0.05) is 7.05 Å². The Kier molecular flexibility index (Phi) is 2.05. The lowest BCUT2D eigenvalue weighted by atomic mass is 9.70. The highest BCUT2D eigenvalue weighted by Gasteiger charge is 2.58. The van der Waals surface area contributed by atoms with E-state index in [1.165, 1.54) is 11.1 Å². The Labute approximate surface area is 100 Å². The quantitative estimate of drug-likeness (QED) is 0.498. The zero-order valence-corrected chi connectivity index (χ0v) is 10.00. The van der Waals surface area contributed by atoms with Gasteiger partial charge in [0.15, 0.2) is 0 Å². The van der Waals surface area contributed by atoms with Crippen molar-refractivity contribution in [3.63, 3.8) is 0 Å². The molecule has 0 bridgehead atoms. The molecule has 0 radical (unpaired) electrons. The summed E-state index contributed by atoms with van der Waals surface area (Å²) in [5.74, 6) is 0.0704. The van der Waals surface area contributed by atoms with Crippen LogP contribution < -0.4 is 0 Å². The van der Waals surface area contributed by atoms with Crippen molar-refractivity contribution < 1.29 is 4.79 Å². The number of hydrogen-bond donors (Lipinski definition) is 0. The topological polar surface area (TPSA) is 20.3 Å². The Morgan fingerprint density at radius 3 is 2.75 bits per heavy atom. The Balaban J connectivity index is 1.96. The van der Waals surface area contributed by atoms with Gasteiger partial charge >= 0.3 is 0 Å². The molecule has 1 aliphatic carbocycles. The first-order chi connectivity index (χ1) is 7.65. The van der Waals surface area contributed by atoms with Gasteiger partial charge in [-0.05, 0) is 30.4 Å². The molecule has 0 N–H and O–H groups in total. The van der Waals surface area contributed by atoms with Crippen LogP contribution in [0.15, 0.2) is 24.3 Å². The molecule has 1 aromatic rings. The molecular formula is C13H14ClNO. The average molecular weight is 236 g/mol. The average Bonchev–Trinajstić information content (AvgIpc) is 2.36. The van der Waals surface area contributed by atoms with E-state index in [0.29, 0.717) is 0 Å². The molecular weight excluding hydrogens is 222 g/mol. The number of benzene rings is 1. The molecule has 1 amide bonds. The highest BCUT2D eigenvalue weighted by molar-refractivity contribution is 6.34. The van der Waals surface area contributed by atoms with Gasteiger partial charge in [-0.2, -0.15) is 0 Å². The summed E-state index contributed by atoms with van der Waals surface area (Å²) in [6.45, 7) is 0. The highest BCUT2D eigenvalue weighted by atomic mass is 35.5. The normalized spacial score (nSPS) is 32.5. The Bertz CT molecular complexity index is 445. The zero-order chi connectivity index (χ0) is 11.3. The molecule has 2 nitrogen and oxygen atoms in total. The molecule has 1 aromatic carbocycles. The van der Waals surface area contributed by atoms with Crippen molar-refractivity contribution in [1.29, 1.82) is 0 Å². The van der Waals surface area contributed by atoms with E-state index < -0.39 is 0 Å². The lowest BCUT2D eigenvalue weighted by molar-refractivity contribution is -0.153. The van der Waals surface area contributed by atoms with E-state index in [0.717, 1.165) is 19.3 Å². The van der Waals surface area contributed by atoms with E-state index in [1.54, 1.807) is 0 Å². The van der Waals surface area contributed by atoms with Gasteiger partial charge in [0.25, 0.3) is 0 Å². The number of halogens is 1. The summed E-state index contributed by atoms with van der Waals surface area (Å²) < 4.78 is 0. The molecule has 0 saturated carbocycles. The van der Waals surface area contributed by atoms with Gasteiger partial charge in [-0.15, -0.1) is 11.6 Å². The maximum Gasteiger partial charge on any atom is 0.243 e. The molecule has 1 spiro atoms. The third-order valence-corrected chi connectivity index (χ3v) is 4.72. The number of likely N-dealkylation sites (tertiary alicyclic amines) is 1. The second kappa shape index (κ2) is 3.24. The van der Waals surface area contributed by atoms with Crippen LogP contribution in [0.1, 0.15) is 17.5 Å². The van der Waals surface area contributed by atoms with Crippen LogP contribution in [0.2, 0.25) is 0 Å². The molecule has 1 heterocycles. The molecule has 0 aromatic heterocycles. The van der Waals surface area contributed by atoms with Crippen LogP contribution in [0, 0.1) is 0 Å². The summed E-state index contributed by atoms with van der Waals surface area (Å²) in [4.78, 5) is 13.4. The number of carbonyl (C=O) groups excluding carboxylic acids is 1. The minimum absolute atomic E-state index is 0.0704. The first-order valence-electron chi connectivity index (χ1n) is 5.64. The van der Waals surface area contributed by atoms with Crippen molar-refractivity contribution in [2.45, 2.75) is 30.2 Å². The van der Waals surface area contributed by atoms with Crippen LogP contribution >= 0.6 is 11.6 Å². The van der Waals surface area contributed by atoms with E-state index in [1.807, 2.05) is 11.9 Å². The maximum absolute atomic E-state index is 11.5. The smallest absolute Gasteiger partial charge is 0.243 e. The molecule has 3 rings (SSSR count). The molecule has 84 valence electrons. The van der Waals surface area contributed by atoms with E-state index in [4.69, 9.17) is 11.6 Å². The number of rotatable bonds is 0. The lowest BCUT2D eigenvalue weighted by Gasteiger charge is -2.56. The van der Waals surface area contributed by atoms with Gasteiger partial charge < -0.3 is 4.90 Å². The number of β-lactam (4-membered cyclic amide) rings is 1. The number of likely N-dealkylation sites (N-methyl/N-ethyl adjacent to an activating group) is 1. The second-order valence-corrected chi connectivity index (χ2v) is 5.25. The van der Waals surface area contributed by atoms with Crippen molar-refractivity contribution in [2.75, 3.05) is 7.05 Å². The number of fused-ring (bicyclic) bond motifs is 1. The van der Waals surface area contributed by atoms with E-state index in [9.17, 15) is 4.79 Å². The number of aryl methyl sites for hydroxylation is 1. The number of carbonyl (C=O) groups is 1. The van der Waals surface area contributed by atoms with Crippen LogP contribution in [0.5, 0.6) is 0 Å². The second-order valence-electron chi connectivity index (χ2n) is 4.81. The van der Waals surface area contributed by atoms with Crippen molar-refractivity contribution >= 4 is 17.5 Å². The summed E-state index contributed by atoms with van der Waals surface area (Å²) in [5, 5.41) is -0.328. The van der Waals surface area contributed by atoms with Crippen molar-refractivity contribution in [1.82, 2.24) is 4.90 Å². The number of hydrogen-bond acceptors (Lipinski definition) is 1. The summed E-state index contributed by atoms with van der Waals surface area (Å²) in [6.07, 6.45) is 2.91. The molecule has 2 atom stereocenters. The van der Waals surface area contributed by atoms with Gasteiger partial charge in [-0.3, -0.25) is 4.79 Å². The Hall–Kier alpha value is -1.02. The fourth-order valence-electron chi connectivity index (χ4n) is 2.97. The van der Waals surface area contributed by atoms with Crippen LogP contribution in [0.25, 0.3) is 0 Å². The van der Waals surface area contributed by atoms with Gasteiger partial charge in [0.2, 0.25) is 5.91 Å². The van der Waals surface area contributed by atoms with Crippen LogP contribution in [-0.2, 0) is 17.6 Å². The van der Waals surface area contributed by atoms with Crippen LogP contribution in [0.4, 0.5) is 0 Å². The zero-order valence-electron chi connectivity index (χ0n) is 9.24. The first kappa shape index (κ1) is 10.2. The summed E-state index contributed by atoms with van der Waals surface area (Å²) in [6, 6.07) is 8.45. The lowest BCUT2D eigenvalue weighted by Crippen LogP contribution is -2.72. The van der Waals surface area contributed by atoms with Crippen molar-refractivity contribution in [3.05, 3.63) is 35.4 Å². The van der Waals surface area contributed by atoms with Gasteiger partial charge in [0.1, 0.15) is 5.38 Å². The van der Waals surface area contributed by atoms with Crippen molar-refractivity contribution in [2.24, 2.45) is 0 Å². The molecule has 2 aliphatic rings. The Morgan fingerprint density at radius 2 is 2.06 bits per heavy atom. The number of nitrogens with zero attached hydrogens (tertiary/aromatic N) is 1. The van der Waals surface area contributed by atoms with E-state index in [2.05, 4.69) is 24.3 Å². The molecule has 3 heteroatoms. The maximum atomic E-state index is 11.5. The summed E-state index contributed by atoms with van der Waals surface area (Å²) >= 11 is 6.21. The largest absolute Gasteiger partial charge is 0.336 e. The van der Waals surface area contributed by atoms with E-state index >= 15 is 0 Å². The third kappa shape index (κ3) is 1.11. The fourth-order valence-corrected chi connectivity index (χ4v) is 3.45. The third-order valence-electron chi connectivity index (χ3n) is 4.13. The number of alkyl halides is 1. The Morgan fingerprint density at radius 1 is 1.38 bits per heavy atom. The standard InChI is InChI=1S/C13H14ClNO/c1-15-12(16)11(14)13(15)7-6-9-4-2-3-5-10(9)8-13/h2-5,11H,6-8H2,1H3. The SMILES string of the molecule is CN1C(=O)C(Cl)C12CCc1ccccc1C2. The van der Waals surface area contributed by atoms with Gasteiger partial charge in [-0.1, -0.05) is 24.3 Å². The monoisotopic (exact) mass is 235 g/mol. The van der Waals surface area contributed by atoms with Gasteiger partial charge in [0.05, 0.1) is 5.54 Å². The summed E-state index contributed by atoms with van der Waals surface area (Å²) in [7, 11) is 1.87. The molecule has 2 unspecified atom stereocenters. The first-order valence-corrected chi connectivity index (χ1v) is 6.07. The molecule has 1 aliphatic heterocycles. The molecule has 1 fully saturated rings. The minimum Gasteiger partial charge on any atom is -0.336 e. The minimum atomic E-state index is -0.328. The summed E-state index contributed by atoms with van der Waals surface area (Å²) in [5.41, 5.74) is 2.64. The van der Waals surface area contributed by atoms with Gasteiger partial charge in [-0.25, -0.2) is 0 Å². The molecule has 16 heavy (non-hydrogen) atoms. The van der Waals surface area contributed by atoms with Crippen molar-refractivity contribution in [3.8, 4) is 0 Å². The molecule has 1 saturated heterocycles. The fraction of sp³-hybridized carbons (Fsp3) is 0.462. The highest BCUT2D eigenvalue weighted by Crippen LogP contribution is 2.44. The predicted octanol–water partition coefficient (Wildman–Crippen LogP) is 1.99.